The van der Waals surface area contributed by atoms with Crippen LogP contribution in [0.1, 0.15) is 181 Å². The van der Waals surface area contributed by atoms with Crippen molar-refractivity contribution in [2.24, 2.45) is 0 Å². The zero-order valence-electron chi connectivity index (χ0n) is 38.4. The maximum Gasteiger partial charge on any atom is 0.306 e. The van der Waals surface area contributed by atoms with Gasteiger partial charge in [0.25, 0.3) is 0 Å². The number of carbonyl (C=O) groups excluding carboxylic acids is 3. The lowest BCUT2D eigenvalue weighted by Crippen LogP contribution is -2.55. The number of nitrogens with zero attached hydrogens (tertiary/aromatic N) is 1. The van der Waals surface area contributed by atoms with Crippen LogP contribution in [0.4, 0.5) is 0 Å². The van der Waals surface area contributed by atoms with E-state index in [9.17, 15) is 19.5 Å². The average Bonchev–Trinajstić information content (AvgIpc) is 3.19. The summed E-state index contributed by atoms with van der Waals surface area (Å²) in [6.45, 7) is 4.49. The van der Waals surface area contributed by atoms with Gasteiger partial charge < -0.3 is 28.6 Å². The Balaban J connectivity index is 4.31. The Bertz CT molecular complexity index is 1190. The number of carboxylic acids is 1. The van der Waals surface area contributed by atoms with Crippen molar-refractivity contribution in [2.45, 2.75) is 193 Å². The molecule has 338 valence electrons. The van der Waals surface area contributed by atoms with Gasteiger partial charge in [-0.15, -0.1) is 0 Å². The molecule has 2 unspecified atom stereocenters. The van der Waals surface area contributed by atoms with Crippen LogP contribution < -0.4 is 5.11 Å². The van der Waals surface area contributed by atoms with Crippen molar-refractivity contribution in [1.29, 1.82) is 0 Å². The van der Waals surface area contributed by atoms with E-state index in [-0.39, 0.29) is 42.7 Å². The molecular weight excluding hydrogens is 739 g/mol. The van der Waals surface area contributed by atoms with Gasteiger partial charge in [-0.05, 0) is 83.5 Å². The molecule has 0 spiro atoms. The number of esters is 2. The van der Waals surface area contributed by atoms with E-state index in [2.05, 4.69) is 86.8 Å². The smallest absolute Gasteiger partial charge is 0.306 e. The Morgan fingerprint density at radius 1 is 0.525 bits per heavy atom. The van der Waals surface area contributed by atoms with Gasteiger partial charge in [0, 0.05) is 19.3 Å². The minimum atomic E-state index is -1.13. The van der Waals surface area contributed by atoms with Crippen LogP contribution in [0.2, 0.25) is 0 Å². The molecule has 0 heterocycles. The third kappa shape index (κ3) is 40.0. The lowest BCUT2D eigenvalue weighted by atomic mass is 10.1. The molecule has 0 saturated carbocycles. The molecule has 0 N–H and O–H groups in total. The van der Waals surface area contributed by atoms with E-state index < -0.39 is 18.1 Å². The Labute approximate surface area is 361 Å². The molecule has 0 aromatic heterocycles. The number of carboxylic acid groups (broad SMARTS) is 1. The fourth-order valence-electron chi connectivity index (χ4n) is 6.44. The fourth-order valence-corrected chi connectivity index (χ4v) is 6.44. The summed E-state index contributed by atoms with van der Waals surface area (Å²) in [5.41, 5.74) is 0. The zero-order valence-corrected chi connectivity index (χ0v) is 38.4. The van der Waals surface area contributed by atoms with Gasteiger partial charge >= 0.3 is 11.9 Å². The minimum absolute atomic E-state index is 0.0304. The van der Waals surface area contributed by atoms with Crippen LogP contribution in [0.5, 0.6) is 0 Å². The van der Waals surface area contributed by atoms with Crippen molar-refractivity contribution in [3.05, 3.63) is 72.9 Å². The summed E-state index contributed by atoms with van der Waals surface area (Å²) in [7, 11) is 5.40. The fraction of sp³-hybridized carbons (Fsp3) is 0.706. The summed E-state index contributed by atoms with van der Waals surface area (Å²) in [6, 6.07) is -0.732. The molecule has 0 aliphatic rings. The molecule has 2 atom stereocenters. The van der Waals surface area contributed by atoms with Crippen molar-refractivity contribution in [3.8, 4) is 0 Å². The Kier molecular flexibility index (Phi) is 39.2. The van der Waals surface area contributed by atoms with E-state index in [4.69, 9.17) is 14.2 Å². The Morgan fingerprint density at radius 2 is 0.949 bits per heavy atom. The molecule has 0 aromatic rings. The lowest BCUT2D eigenvalue weighted by molar-refractivity contribution is -0.889. The molecule has 0 bridgehead atoms. The largest absolute Gasteiger partial charge is 0.544 e. The van der Waals surface area contributed by atoms with Crippen molar-refractivity contribution in [2.75, 3.05) is 41.0 Å². The number of ether oxygens (including phenoxy) is 3. The van der Waals surface area contributed by atoms with Crippen molar-refractivity contribution >= 4 is 17.9 Å². The molecule has 0 aliphatic carbocycles. The van der Waals surface area contributed by atoms with Gasteiger partial charge in [-0.2, -0.15) is 0 Å². The van der Waals surface area contributed by atoms with Crippen LogP contribution in [0.3, 0.4) is 0 Å². The van der Waals surface area contributed by atoms with E-state index in [1.165, 1.54) is 51.4 Å². The van der Waals surface area contributed by atoms with Crippen LogP contribution in [0.15, 0.2) is 72.9 Å². The number of hydrogen-bond donors (Lipinski definition) is 0. The number of carbonyl (C=O) groups is 3. The molecule has 0 fully saturated rings. The van der Waals surface area contributed by atoms with Gasteiger partial charge in [0.05, 0.1) is 40.3 Å². The number of likely N-dealkylation sites (N-methyl/N-ethyl adjacent to an activating group) is 1. The zero-order chi connectivity index (χ0) is 43.5. The maximum absolute atomic E-state index is 12.7. The SMILES string of the molecule is CC/C=C/C/C=C/C/C=C/C/C=C/C/C=C/CCCCCCCCCC(=O)OC(COCCC(C(=O)[O-])[N+](C)(C)C)COC(=O)CCCCCCC/C=C/CCCCC. The number of rotatable bonds is 41. The number of allylic oxidation sites excluding steroid dienone is 12. The van der Waals surface area contributed by atoms with E-state index in [0.29, 0.717) is 12.8 Å². The first kappa shape index (κ1) is 55.8. The van der Waals surface area contributed by atoms with Gasteiger partial charge in [0.15, 0.2) is 6.10 Å². The molecule has 0 rings (SSSR count). The molecule has 8 heteroatoms. The van der Waals surface area contributed by atoms with Crippen molar-refractivity contribution in [3.63, 3.8) is 0 Å². The van der Waals surface area contributed by atoms with Gasteiger partial charge in [-0.1, -0.05) is 151 Å². The summed E-state index contributed by atoms with van der Waals surface area (Å²) < 4.78 is 17.2. The molecule has 59 heavy (non-hydrogen) atoms. The van der Waals surface area contributed by atoms with E-state index >= 15 is 0 Å². The van der Waals surface area contributed by atoms with E-state index in [0.717, 1.165) is 96.3 Å². The lowest BCUT2D eigenvalue weighted by Gasteiger charge is -2.34. The summed E-state index contributed by atoms with van der Waals surface area (Å²) in [6.07, 6.45) is 52.1. The number of unbranched alkanes of at least 4 members (excludes halogenated alkanes) is 15. The second-order valence-corrected chi connectivity index (χ2v) is 16.6. The first-order valence-corrected chi connectivity index (χ1v) is 23.5. The molecule has 0 amide bonds. The van der Waals surface area contributed by atoms with E-state index in [1.54, 1.807) is 21.1 Å². The standard InChI is InChI=1S/C51H87NO7/c1-6-8-10-12-14-16-18-20-21-22-23-24-25-26-27-28-29-30-32-34-36-38-40-42-50(54)59-47(45-57-44-43-48(51(55)56)52(3,4)5)46-58-49(53)41-39-37-35-33-31-19-17-15-13-11-9-7-2/h8,10,14-17,20-21,23-24,26-27,47-48H,6-7,9,11-13,18-19,22,25,28-46H2,1-5H3/b10-8+,16-14+,17-15+,21-20+,24-23+,27-26+. The van der Waals surface area contributed by atoms with Crippen LogP contribution in [-0.2, 0) is 28.6 Å². The average molecular weight is 826 g/mol. The molecule has 0 radical (unpaired) electrons. The summed E-state index contributed by atoms with van der Waals surface area (Å²) in [5.74, 6) is -1.77. The minimum Gasteiger partial charge on any atom is -0.544 e. The maximum atomic E-state index is 12.7. The summed E-state index contributed by atoms with van der Waals surface area (Å²) >= 11 is 0. The number of hydrogen-bond acceptors (Lipinski definition) is 7. The van der Waals surface area contributed by atoms with Crippen LogP contribution >= 0.6 is 0 Å². The highest BCUT2D eigenvalue weighted by atomic mass is 16.6. The van der Waals surface area contributed by atoms with Crippen molar-refractivity contribution in [1.82, 2.24) is 0 Å². The van der Waals surface area contributed by atoms with Crippen LogP contribution in [0, 0.1) is 0 Å². The molecule has 8 nitrogen and oxygen atoms in total. The summed E-state index contributed by atoms with van der Waals surface area (Å²) in [4.78, 5) is 36.9. The van der Waals surface area contributed by atoms with Crippen molar-refractivity contribution < 1.29 is 38.2 Å². The van der Waals surface area contributed by atoms with E-state index in [1.807, 2.05) is 0 Å². The molecule has 0 saturated heterocycles. The topological polar surface area (TPSA) is 102 Å². The third-order valence-electron chi connectivity index (χ3n) is 10.1. The highest BCUT2D eigenvalue weighted by molar-refractivity contribution is 5.70. The van der Waals surface area contributed by atoms with Gasteiger partial charge in [0.1, 0.15) is 12.6 Å². The number of quaternary nitrogens is 1. The Morgan fingerprint density at radius 3 is 1.42 bits per heavy atom. The molecule has 0 aliphatic heterocycles. The Hall–Kier alpha value is -3.23. The highest BCUT2D eigenvalue weighted by Crippen LogP contribution is 2.13. The second-order valence-electron chi connectivity index (χ2n) is 16.6. The van der Waals surface area contributed by atoms with Crippen LogP contribution in [0.25, 0.3) is 0 Å². The van der Waals surface area contributed by atoms with Gasteiger partial charge in [0.2, 0.25) is 0 Å². The quantitative estimate of drug-likeness (QED) is 0.0262. The predicted octanol–water partition coefficient (Wildman–Crippen LogP) is 11.8. The summed E-state index contributed by atoms with van der Waals surface area (Å²) in [5, 5.41) is 11.6. The third-order valence-corrected chi connectivity index (χ3v) is 10.1. The predicted molar refractivity (Wildman–Crippen MR) is 245 cm³/mol. The highest BCUT2D eigenvalue weighted by Gasteiger charge is 2.25. The first-order chi connectivity index (χ1) is 28.6. The first-order valence-electron chi connectivity index (χ1n) is 23.5. The van der Waals surface area contributed by atoms with Gasteiger partial charge in [-0.3, -0.25) is 9.59 Å². The normalized spacial score (nSPS) is 13.6. The monoisotopic (exact) mass is 826 g/mol. The van der Waals surface area contributed by atoms with Gasteiger partial charge in [-0.25, -0.2) is 0 Å². The second kappa shape index (κ2) is 41.5. The van der Waals surface area contributed by atoms with Crippen LogP contribution in [-0.4, -0.2) is 75.5 Å². The molecule has 0 aromatic carbocycles. The number of aliphatic carboxylic acids is 1. The molecular formula is C51H87NO7.